The molecule has 1 rings (SSSR count). The molecule has 102 valence electrons. The highest BCUT2D eigenvalue weighted by Gasteiger charge is 2.23. The lowest BCUT2D eigenvalue weighted by molar-refractivity contribution is 0.0702. The molecule has 1 aliphatic rings. The number of rotatable bonds is 6. The van der Waals surface area contributed by atoms with E-state index in [4.69, 9.17) is 0 Å². The average molecular weight is 242 g/mol. The smallest absolute Gasteiger partial charge is 0.0791 e. The molecule has 1 aliphatic heterocycles. The largest absolute Gasteiger partial charge is 0.390 e. The highest BCUT2D eigenvalue weighted by atomic mass is 16.3. The zero-order chi connectivity index (χ0) is 12.8. The minimum atomic E-state index is -0.227. The van der Waals surface area contributed by atoms with Crippen molar-refractivity contribution in [3.63, 3.8) is 0 Å². The van der Waals surface area contributed by atoms with Gasteiger partial charge in [-0.25, -0.2) is 0 Å². The van der Waals surface area contributed by atoms with Crippen LogP contribution in [-0.4, -0.2) is 48.8 Å². The van der Waals surface area contributed by atoms with Crippen LogP contribution in [0.2, 0.25) is 0 Å². The maximum Gasteiger partial charge on any atom is 0.0791 e. The van der Waals surface area contributed by atoms with Crippen molar-refractivity contribution in [2.24, 2.45) is 17.8 Å². The normalized spacial score (nSPS) is 28.6. The molecule has 1 heterocycles. The Bertz CT molecular complexity index is 208. The lowest BCUT2D eigenvalue weighted by Gasteiger charge is -2.36. The highest BCUT2D eigenvalue weighted by Crippen LogP contribution is 2.22. The summed E-state index contributed by atoms with van der Waals surface area (Å²) < 4.78 is 0. The van der Waals surface area contributed by atoms with Crippen molar-refractivity contribution in [2.45, 2.75) is 40.2 Å². The monoisotopic (exact) mass is 242 g/mol. The fraction of sp³-hybridized carbons (Fsp3) is 1.00. The van der Waals surface area contributed by atoms with Crippen LogP contribution in [0.25, 0.3) is 0 Å². The van der Waals surface area contributed by atoms with Gasteiger partial charge in [-0.1, -0.05) is 27.7 Å². The number of nitrogens with zero attached hydrogens (tertiary/aromatic N) is 1. The molecule has 0 spiro atoms. The lowest BCUT2D eigenvalue weighted by atomic mass is 9.88. The molecule has 3 atom stereocenters. The molecule has 0 aromatic heterocycles. The maximum atomic E-state index is 9.96. The molecule has 0 saturated carbocycles. The quantitative estimate of drug-likeness (QED) is 0.742. The summed E-state index contributed by atoms with van der Waals surface area (Å²) >= 11 is 0. The van der Waals surface area contributed by atoms with Gasteiger partial charge in [-0.3, -0.25) is 0 Å². The summed E-state index contributed by atoms with van der Waals surface area (Å²) in [5.41, 5.74) is 0. The summed E-state index contributed by atoms with van der Waals surface area (Å²) in [5, 5.41) is 13.3. The number of β-amino-alcohol motifs (C(OH)–C–C–N with tert-alkyl or cyclic N) is 1. The van der Waals surface area contributed by atoms with E-state index in [0.717, 1.165) is 44.6 Å². The summed E-state index contributed by atoms with van der Waals surface area (Å²) in [5.74, 6) is 2.25. The van der Waals surface area contributed by atoms with E-state index >= 15 is 0 Å². The maximum absolute atomic E-state index is 9.96. The number of piperidine rings is 1. The first-order valence-electron chi connectivity index (χ1n) is 7.10. The SMILES string of the molecule is CC(C)CNCC(O)CN1CCC(C)C(C)C1. The second-order valence-corrected chi connectivity index (χ2v) is 6.21. The van der Waals surface area contributed by atoms with Gasteiger partial charge in [0.25, 0.3) is 0 Å². The van der Waals surface area contributed by atoms with Crippen LogP contribution < -0.4 is 5.32 Å². The van der Waals surface area contributed by atoms with Crippen molar-refractivity contribution < 1.29 is 5.11 Å². The van der Waals surface area contributed by atoms with Gasteiger partial charge in [0.05, 0.1) is 6.10 Å². The van der Waals surface area contributed by atoms with Gasteiger partial charge in [-0.05, 0) is 37.3 Å². The third-order valence-electron chi connectivity index (χ3n) is 3.82. The summed E-state index contributed by atoms with van der Waals surface area (Å²) in [4.78, 5) is 2.41. The molecule has 1 saturated heterocycles. The summed E-state index contributed by atoms with van der Waals surface area (Å²) in [6.45, 7) is 13.9. The molecule has 0 amide bonds. The third kappa shape index (κ3) is 5.84. The van der Waals surface area contributed by atoms with Crippen LogP contribution in [0.4, 0.5) is 0 Å². The van der Waals surface area contributed by atoms with Crippen LogP contribution in [0.15, 0.2) is 0 Å². The number of hydrogen-bond acceptors (Lipinski definition) is 3. The van der Waals surface area contributed by atoms with Gasteiger partial charge in [-0.2, -0.15) is 0 Å². The van der Waals surface area contributed by atoms with Gasteiger partial charge in [0.15, 0.2) is 0 Å². The van der Waals surface area contributed by atoms with Gasteiger partial charge in [0.2, 0.25) is 0 Å². The predicted octanol–water partition coefficient (Wildman–Crippen LogP) is 1.57. The molecule has 1 fully saturated rings. The fourth-order valence-corrected chi connectivity index (χ4v) is 2.42. The first kappa shape index (κ1) is 14.9. The van der Waals surface area contributed by atoms with Gasteiger partial charge in [-0.15, -0.1) is 0 Å². The Kier molecular flexibility index (Phi) is 6.45. The van der Waals surface area contributed by atoms with Crippen LogP contribution in [-0.2, 0) is 0 Å². The molecule has 2 N–H and O–H groups in total. The molecule has 3 nitrogen and oxygen atoms in total. The molecule has 0 radical (unpaired) electrons. The van der Waals surface area contributed by atoms with E-state index in [1.54, 1.807) is 0 Å². The van der Waals surface area contributed by atoms with Crippen molar-refractivity contribution >= 4 is 0 Å². The minimum absolute atomic E-state index is 0.227. The topological polar surface area (TPSA) is 35.5 Å². The molecule has 0 aromatic rings. The molecule has 0 bridgehead atoms. The Balaban J connectivity index is 2.15. The van der Waals surface area contributed by atoms with Crippen molar-refractivity contribution in [1.29, 1.82) is 0 Å². The van der Waals surface area contributed by atoms with Crippen LogP contribution in [0, 0.1) is 17.8 Å². The molecule has 0 aromatic carbocycles. The molecule has 3 heteroatoms. The molecule has 0 aliphatic carbocycles. The van der Waals surface area contributed by atoms with Gasteiger partial charge >= 0.3 is 0 Å². The predicted molar refractivity (Wildman–Crippen MR) is 73.1 cm³/mol. The van der Waals surface area contributed by atoms with Crippen LogP contribution >= 0.6 is 0 Å². The van der Waals surface area contributed by atoms with Crippen LogP contribution in [0.5, 0.6) is 0 Å². The van der Waals surface area contributed by atoms with Crippen molar-refractivity contribution in [3.05, 3.63) is 0 Å². The Morgan fingerprint density at radius 1 is 1.24 bits per heavy atom. The zero-order valence-corrected chi connectivity index (χ0v) is 11.9. The second-order valence-electron chi connectivity index (χ2n) is 6.21. The first-order chi connectivity index (χ1) is 7.99. The van der Waals surface area contributed by atoms with Crippen molar-refractivity contribution in [2.75, 3.05) is 32.7 Å². The van der Waals surface area contributed by atoms with Gasteiger partial charge < -0.3 is 15.3 Å². The Morgan fingerprint density at radius 2 is 1.94 bits per heavy atom. The Morgan fingerprint density at radius 3 is 2.53 bits per heavy atom. The molecular weight excluding hydrogens is 212 g/mol. The minimum Gasteiger partial charge on any atom is -0.390 e. The summed E-state index contributed by atoms with van der Waals surface area (Å²) in [7, 11) is 0. The number of aliphatic hydroxyl groups is 1. The molecule has 3 unspecified atom stereocenters. The summed E-state index contributed by atoms with van der Waals surface area (Å²) in [6, 6.07) is 0. The number of hydrogen-bond donors (Lipinski definition) is 2. The van der Waals surface area contributed by atoms with Crippen molar-refractivity contribution in [3.8, 4) is 0 Å². The van der Waals surface area contributed by atoms with Gasteiger partial charge in [0, 0.05) is 19.6 Å². The second kappa shape index (κ2) is 7.34. The zero-order valence-electron chi connectivity index (χ0n) is 11.9. The lowest BCUT2D eigenvalue weighted by Crippen LogP contribution is -2.45. The molecular formula is C14H30N2O. The van der Waals surface area contributed by atoms with Crippen LogP contribution in [0.1, 0.15) is 34.1 Å². The van der Waals surface area contributed by atoms with E-state index in [-0.39, 0.29) is 6.10 Å². The fourth-order valence-electron chi connectivity index (χ4n) is 2.42. The van der Waals surface area contributed by atoms with E-state index in [0.29, 0.717) is 5.92 Å². The van der Waals surface area contributed by atoms with E-state index in [9.17, 15) is 5.11 Å². The Hall–Kier alpha value is -0.120. The Labute approximate surface area is 107 Å². The standard InChI is InChI=1S/C14H30N2O/c1-11(2)7-15-8-14(17)10-16-6-5-12(3)13(4)9-16/h11-15,17H,5-10H2,1-4H3. The van der Waals surface area contributed by atoms with Crippen molar-refractivity contribution in [1.82, 2.24) is 10.2 Å². The van der Waals surface area contributed by atoms with E-state index in [2.05, 4.69) is 37.9 Å². The van der Waals surface area contributed by atoms with Crippen LogP contribution in [0.3, 0.4) is 0 Å². The van der Waals surface area contributed by atoms with E-state index < -0.39 is 0 Å². The number of likely N-dealkylation sites (tertiary alicyclic amines) is 1. The summed E-state index contributed by atoms with van der Waals surface area (Å²) in [6.07, 6.45) is 1.04. The average Bonchev–Trinajstić information content (AvgIpc) is 2.23. The molecule has 17 heavy (non-hydrogen) atoms. The first-order valence-corrected chi connectivity index (χ1v) is 7.10. The third-order valence-corrected chi connectivity index (χ3v) is 3.82. The number of nitrogens with one attached hydrogen (secondary N) is 1. The van der Waals surface area contributed by atoms with E-state index in [1.165, 1.54) is 6.42 Å². The number of aliphatic hydroxyl groups excluding tert-OH is 1. The van der Waals surface area contributed by atoms with E-state index in [1.807, 2.05) is 0 Å². The highest BCUT2D eigenvalue weighted by molar-refractivity contribution is 4.77. The van der Waals surface area contributed by atoms with Gasteiger partial charge in [0.1, 0.15) is 0 Å².